The van der Waals surface area contributed by atoms with Crippen LogP contribution in [0.4, 0.5) is 0 Å². The van der Waals surface area contributed by atoms with E-state index >= 15 is 0 Å². The highest BCUT2D eigenvalue weighted by atomic mass is 16.3. The van der Waals surface area contributed by atoms with Crippen molar-refractivity contribution in [2.24, 2.45) is 5.92 Å². The minimum absolute atomic E-state index is 0.125. The lowest BCUT2D eigenvalue weighted by molar-refractivity contribution is 0.200. The van der Waals surface area contributed by atoms with Crippen LogP contribution in [0.1, 0.15) is 38.8 Å². The van der Waals surface area contributed by atoms with Crippen molar-refractivity contribution >= 4 is 0 Å². The lowest BCUT2D eigenvalue weighted by Crippen LogP contribution is -2.36. The van der Waals surface area contributed by atoms with Crippen molar-refractivity contribution in [3.05, 3.63) is 29.8 Å². The smallest absolute Gasteiger partial charge is 0.120 e. The Morgan fingerprint density at radius 3 is 2.41 bits per heavy atom. The van der Waals surface area contributed by atoms with Crippen LogP contribution in [0.3, 0.4) is 0 Å². The van der Waals surface area contributed by atoms with Gasteiger partial charge in [-0.15, -0.1) is 0 Å². The summed E-state index contributed by atoms with van der Waals surface area (Å²) in [6, 6.07) is 7.74. The minimum Gasteiger partial charge on any atom is -0.508 e. The summed E-state index contributed by atoms with van der Waals surface area (Å²) in [7, 11) is 0. The first-order valence-electron chi connectivity index (χ1n) is 6.24. The van der Waals surface area contributed by atoms with Gasteiger partial charge >= 0.3 is 0 Å². The second-order valence-electron chi connectivity index (χ2n) is 4.63. The molecule has 96 valence electrons. The highest BCUT2D eigenvalue weighted by Crippen LogP contribution is 2.26. The van der Waals surface area contributed by atoms with Gasteiger partial charge < -0.3 is 15.5 Å². The van der Waals surface area contributed by atoms with Crippen molar-refractivity contribution < 1.29 is 10.2 Å². The zero-order chi connectivity index (χ0) is 12.8. The molecule has 0 heterocycles. The second kappa shape index (κ2) is 6.62. The van der Waals surface area contributed by atoms with Crippen LogP contribution in [0.2, 0.25) is 0 Å². The molecular formula is C14H23NO2. The van der Waals surface area contributed by atoms with Crippen molar-refractivity contribution in [1.82, 2.24) is 5.32 Å². The van der Waals surface area contributed by atoms with Crippen LogP contribution in [0, 0.1) is 5.92 Å². The molecule has 0 amide bonds. The summed E-state index contributed by atoms with van der Waals surface area (Å²) in [5.41, 5.74) is 0.923. The molecule has 0 spiro atoms. The Morgan fingerprint density at radius 1 is 1.24 bits per heavy atom. The van der Waals surface area contributed by atoms with Gasteiger partial charge in [0.25, 0.3) is 0 Å². The molecule has 0 aliphatic rings. The molecule has 3 atom stereocenters. The van der Waals surface area contributed by atoms with Gasteiger partial charge in [0.15, 0.2) is 0 Å². The molecule has 0 fully saturated rings. The molecule has 3 nitrogen and oxygen atoms in total. The number of hydrogen-bond acceptors (Lipinski definition) is 3. The van der Waals surface area contributed by atoms with E-state index < -0.39 is 0 Å². The molecule has 0 aliphatic heterocycles. The fraction of sp³-hybridized carbons (Fsp3) is 0.571. The van der Waals surface area contributed by atoms with E-state index in [-0.39, 0.29) is 24.6 Å². The SMILES string of the molecule is CCC(NC(C)C(C)CO)c1ccccc1O. The van der Waals surface area contributed by atoms with Crippen LogP contribution < -0.4 is 5.32 Å². The Morgan fingerprint density at radius 2 is 1.88 bits per heavy atom. The van der Waals surface area contributed by atoms with Crippen molar-refractivity contribution in [3.63, 3.8) is 0 Å². The molecule has 0 saturated carbocycles. The Balaban J connectivity index is 2.76. The summed E-state index contributed by atoms with van der Waals surface area (Å²) in [6.07, 6.45) is 0.903. The summed E-state index contributed by atoms with van der Waals surface area (Å²) in [5, 5.41) is 22.4. The number of benzene rings is 1. The summed E-state index contributed by atoms with van der Waals surface area (Å²) in [5.74, 6) is 0.533. The van der Waals surface area contributed by atoms with Crippen LogP contribution >= 0.6 is 0 Å². The first-order valence-corrected chi connectivity index (χ1v) is 6.24. The molecule has 0 radical (unpaired) electrons. The van der Waals surface area contributed by atoms with Crippen LogP contribution in [0.15, 0.2) is 24.3 Å². The maximum atomic E-state index is 9.83. The third-order valence-electron chi connectivity index (χ3n) is 3.33. The van der Waals surface area contributed by atoms with E-state index in [4.69, 9.17) is 5.11 Å². The van der Waals surface area contributed by atoms with Crippen molar-refractivity contribution in [3.8, 4) is 5.75 Å². The zero-order valence-corrected chi connectivity index (χ0v) is 10.9. The van der Waals surface area contributed by atoms with Crippen LogP contribution in [-0.2, 0) is 0 Å². The lowest BCUT2D eigenvalue weighted by atomic mass is 9.99. The van der Waals surface area contributed by atoms with E-state index in [1.54, 1.807) is 6.07 Å². The normalized spacial score (nSPS) is 16.5. The van der Waals surface area contributed by atoms with E-state index in [9.17, 15) is 5.11 Å². The van der Waals surface area contributed by atoms with Gasteiger partial charge in [-0.05, 0) is 25.3 Å². The van der Waals surface area contributed by atoms with Gasteiger partial charge in [-0.1, -0.05) is 32.0 Å². The Bertz CT molecular complexity index is 341. The van der Waals surface area contributed by atoms with E-state index in [0.29, 0.717) is 5.75 Å². The molecule has 3 N–H and O–H groups in total. The Labute approximate surface area is 103 Å². The van der Waals surface area contributed by atoms with Crippen molar-refractivity contribution in [2.45, 2.75) is 39.3 Å². The number of para-hydroxylation sites is 1. The first kappa shape index (κ1) is 14.0. The van der Waals surface area contributed by atoms with Gasteiger partial charge in [-0.2, -0.15) is 0 Å². The van der Waals surface area contributed by atoms with Crippen LogP contribution in [-0.4, -0.2) is 22.9 Å². The number of aromatic hydroxyl groups is 1. The molecule has 3 heteroatoms. The van der Waals surface area contributed by atoms with E-state index in [1.165, 1.54) is 0 Å². The number of nitrogens with one attached hydrogen (secondary N) is 1. The van der Waals surface area contributed by atoms with Gasteiger partial charge in [-0.3, -0.25) is 0 Å². The van der Waals surface area contributed by atoms with Crippen molar-refractivity contribution in [1.29, 1.82) is 0 Å². The predicted molar refractivity (Wildman–Crippen MR) is 70.0 cm³/mol. The molecule has 0 bridgehead atoms. The molecule has 0 saturated heterocycles. The van der Waals surface area contributed by atoms with Crippen LogP contribution in [0.25, 0.3) is 0 Å². The average Bonchev–Trinajstić information content (AvgIpc) is 2.35. The predicted octanol–water partition coefficient (Wildman–Crippen LogP) is 2.45. The first-order chi connectivity index (χ1) is 8.10. The third-order valence-corrected chi connectivity index (χ3v) is 3.33. The van der Waals surface area contributed by atoms with Gasteiger partial charge in [-0.25, -0.2) is 0 Å². The van der Waals surface area contributed by atoms with E-state index in [0.717, 1.165) is 12.0 Å². The monoisotopic (exact) mass is 237 g/mol. The quantitative estimate of drug-likeness (QED) is 0.712. The minimum atomic E-state index is 0.125. The standard InChI is InChI=1S/C14H23NO2/c1-4-13(15-11(3)10(2)9-16)12-7-5-6-8-14(12)17/h5-8,10-11,13,15-17H,4,9H2,1-3H3. The highest BCUT2D eigenvalue weighted by Gasteiger charge is 2.18. The lowest BCUT2D eigenvalue weighted by Gasteiger charge is -2.26. The van der Waals surface area contributed by atoms with Gasteiger partial charge in [0.2, 0.25) is 0 Å². The number of phenolic OH excluding ortho intramolecular Hbond substituents is 1. The molecule has 1 rings (SSSR count). The maximum Gasteiger partial charge on any atom is 0.120 e. The highest BCUT2D eigenvalue weighted by molar-refractivity contribution is 5.34. The molecule has 3 unspecified atom stereocenters. The summed E-state index contributed by atoms with van der Waals surface area (Å²) in [6.45, 7) is 6.32. The van der Waals surface area contributed by atoms with Crippen molar-refractivity contribution in [2.75, 3.05) is 6.61 Å². The number of hydrogen-bond donors (Lipinski definition) is 3. The average molecular weight is 237 g/mol. The molecule has 17 heavy (non-hydrogen) atoms. The summed E-state index contributed by atoms with van der Waals surface area (Å²) < 4.78 is 0. The van der Waals surface area contributed by atoms with Gasteiger partial charge in [0.05, 0.1) is 0 Å². The molecule has 0 aromatic heterocycles. The molecule has 1 aromatic carbocycles. The molecular weight excluding hydrogens is 214 g/mol. The van der Waals surface area contributed by atoms with Crippen LogP contribution in [0.5, 0.6) is 5.75 Å². The summed E-state index contributed by atoms with van der Waals surface area (Å²) in [4.78, 5) is 0. The number of phenols is 1. The Hall–Kier alpha value is -1.06. The number of aliphatic hydroxyl groups excluding tert-OH is 1. The van der Waals surface area contributed by atoms with E-state index in [2.05, 4.69) is 19.2 Å². The van der Waals surface area contributed by atoms with Gasteiger partial charge in [0, 0.05) is 24.3 Å². The van der Waals surface area contributed by atoms with E-state index in [1.807, 2.05) is 25.1 Å². The largest absolute Gasteiger partial charge is 0.508 e. The second-order valence-corrected chi connectivity index (χ2v) is 4.63. The Kier molecular flexibility index (Phi) is 5.45. The fourth-order valence-electron chi connectivity index (χ4n) is 1.85. The topological polar surface area (TPSA) is 52.5 Å². The number of rotatable bonds is 6. The number of aliphatic hydroxyl groups is 1. The summed E-state index contributed by atoms with van der Waals surface area (Å²) >= 11 is 0. The fourth-order valence-corrected chi connectivity index (χ4v) is 1.85. The molecule has 0 aliphatic carbocycles. The van der Waals surface area contributed by atoms with Gasteiger partial charge in [0.1, 0.15) is 5.75 Å². The molecule has 1 aromatic rings. The maximum absolute atomic E-state index is 9.83. The third kappa shape index (κ3) is 3.72. The zero-order valence-electron chi connectivity index (χ0n) is 10.9.